The van der Waals surface area contributed by atoms with Gasteiger partial charge in [0.2, 0.25) is 9.84 Å². The molecule has 0 spiro atoms. The van der Waals surface area contributed by atoms with Gasteiger partial charge in [-0.05, 0) is 37.1 Å². The van der Waals surface area contributed by atoms with E-state index in [9.17, 15) is 26.8 Å². The van der Waals surface area contributed by atoms with Gasteiger partial charge in [-0.15, -0.1) is 0 Å². The molecule has 0 radical (unpaired) electrons. The minimum atomic E-state index is -4.71. The molecule has 1 aliphatic carbocycles. The zero-order valence-electron chi connectivity index (χ0n) is 12.9. The molecule has 2 rings (SSSR count). The van der Waals surface area contributed by atoms with Crippen LogP contribution in [0.15, 0.2) is 29.2 Å². The molecule has 24 heavy (non-hydrogen) atoms. The highest BCUT2D eigenvalue weighted by Crippen LogP contribution is 2.29. The number of carboxylic acids is 1. The van der Waals surface area contributed by atoms with Crippen LogP contribution in [0.2, 0.25) is 0 Å². The number of amides is 1. The van der Waals surface area contributed by atoms with Crippen molar-refractivity contribution >= 4 is 21.7 Å². The highest BCUT2D eigenvalue weighted by molar-refractivity contribution is 7.91. The quantitative estimate of drug-likeness (QED) is 0.802. The van der Waals surface area contributed by atoms with E-state index in [1.165, 1.54) is 24.0 Å². The van der Waals surface area contributed by atoms with Crippen LogP contribution in [-0.2, 0) is 14.6 Å². The van der Waals surface area contributed by atoms with E-state index in [1.54, 1.807) is 0 Å². The van der Waals surface area contributed by atoms with Gasteiger partial charge >= 0.3 is 11.7 Å². The molecule has 9 heteroatoms. The van der Waals surface area contributed by atoms with E-state index in [0.717, 1.165) is 25.0 Å². The van der Waals surface area contributed by atoms with Crippen LogP contribution in [0.4, 0.5) is 8.78 Å². The molecule has 1 aliphatic rings. The summed E-state index contributed by atoms with van der Waals surface area (Å²) in [6.45, 7) is 1.53. The van der Waals surface area contributed by atoms with Gasteiger partial charge in [-0.2, -0.15) is 8.78 Å². The second kappa shape index (κ2) is 6.84. The van der Waals surface area contributed by atoms with Gasteiger partial charge < -0.3 is 10.0 Å². The molecule has 6 nitrogen and oxygen atoms in total. The van der Waals surface area contributed by atoms with Crippen molar-refractivity contribution in [3.8, 4) is 0 Å². The minimum Gasteiger partial charge on any atom is -0.481 e. The number of carbonyl (C=O) groups excluding carboxylic acids is 1. The molecular formula is C15H17F2NO5S. The molecule has 1 aromatic carbocycles. The number of sulfone groups is 1. The Morgan fingerprint density at radius 1 is 1.25 bits per heavy atom. The van der Waals surface area contributed by atoms with Crippen LogP contribution in [0.25, 0.3) is 0 Å². The summed E-state index contributed by atoms with van der Waals surface area (Å²) >= 11 is 0. The number of halogens is 2. The van der Waals surface area contributed by atoms with Crippen molar-refractivity contribution in [1.82, 2.24) is 4.90 Å². The van der Waals surface area contributed by atoms with E-state index >= 15 is 0 Å². The number of carboxylic acid groups (broad SMARTS) is 1. The number of alkyl halides is 2. The molecule has 0 aliphatic heterocycles. The lowest BCUT2D eigenvalue weighted by Crippen LogP contribution is -2.38. The molecule has 1 amide bonds. The second-order valence-corrected chi connectivity index (χ2v) is 7.68. The Hall–Kier alpha value is -2.03. The zero-order chi connectivity index (χ0) is 18.1. The summed E-state index contributed by atoms with van der Waals surface area (Å²) in [5, 5.41) is 8.99. The number of hydrogen-bond acceptors (Lipinski definition) is 4. The summed E-state index contributed by atoms with van der Waals surface area (Å²) in [5.74, 6) is -5.73. The fraction of sp³-hybridized carbons (Fsp3) is 0.467. The highest BCUT2D eigenvalue weighted by atomic mass is 32.2. The highest BCUT2D eigenvalue weighted by Gasteiger charge is 2.35. The third-order valence-electron chi connectivity index (χ3n) is 3.81. The molecule has 1 saturated carbocycles. The number of aliphatic carboxylic acids is 1. The van der Waals surface area contributed by atoms with Crippen molar-refractivity contribution in [3.05, 3.63) is 29.8 Å². The van der Waals surface area contributed by atoms with Gasteiger partial charge in [0, 0.05) is 18.2 Å². The number of benzene rings is 1. The summed E-state index contributed by atoms with van der Waals surface area (Å²) in [6, 6.07) is 4.21. The van der Waals surface area contributed by atoms with E-state index in [2.05, 4.69) is 0 Å². The van der Waals surface area contributed by atoms with Crippen molar-refractivity contribution in [2.24, 2.45) is 5.92 Å². The summed E-state index contributed by atoms with van der Waals surface area (Å²) in [6.07, 6.45) is 1.55. The van der Waals surface area contributed by atoms with E-state index in [-0.39, 0.29) is 18.2 Å². The maximum atomic E-state index is 12.5. The van der Waals surface area contributed by atoms with Gasteiger partial charge in [0.05, 0.1) is 10.8 Å². The molecule has 0 heterocycles. The normalized spacial score (nSPS) is 16.0. The Bertz CT molecular complexity index is 729. The van der Waals surface area contributed by atoms with Crippen molar-refractivity contribution in [2.45, 2.75) is 36.5 Å². The summed E-state index contributed by atoms with van der Waals surface area (Å²) in [4.78, 5) is 24.4. The lowest BCUT2D eigenvalue weighted by atomic mass is 10.1. The Morgan fingerprint density at radius 3 is 2.21 bits per heavy atom. The minimum absolute atomic E-state index is 0.0376. The first-order chi connectivity index (χ1) is 11.1. The predicted molar refractivity (Wildman–Crippen MR) is 80.5 cm³/mol. The zero-order valence-corrected chi connectivity index (χ0v) is 13.7. The number of hydrogen-bond donors (Lipinski definition) is 1. The molecule has 1 aromatic rings. The fourth-order valence-electron chi connectivity index (χ4n) is 2.21. The molecule has 1 fully saturated rings. The van der Waals surface area contributed by atoms with Crippen molar-refractivity contribution in [3.63, 3.8) is 0 Å². The second-order valence-electron chi connectivity index (χ2n) is 5.76. The van der Waals surface area contributed by atoms with Gasteiger partial charge in [-0.25, -0.2) is 8.42 Å². The topological polar surface area (TPSA) is 91.8 Å². The van der Waals surface area contributed by atoms with Crippen molar-refractivity contribution in [2.75, 3.05) is 6.54 Å². The van der Waals surface area contributed by atoms with Crippen LogP contribution in [-0.4, -0.2) is 48.6 Å². The molecule has 1 atom stereocenters. The molecule has 0 bridgehead atoms. The third-order valence-corrected chi connectivity index (χ3v) is 5.20. The smallest absolute Gasteiger partial charge is 0.341 e. The SMILES string of the molecule is CC(CN(C(=O)c1ccc(S(=O)(=O)C(F)F)cc1)C1CC1)C(=O)O. The number of nitrogens with zero attached hydrogens (tertiary/aromatic N) is 1. The van der Waals surface area contributed by atoms with E-state index in [0.29, 0.717) is 0 Å². The van der Waals surface area contributed by atoms with E-state index in [4.69, 9.17) is 5.11 Å². The molecule has 132 valence electrons. The molecule has 1 unspecified atom stereocenters. The van der Waals surface area contributed by atoms with Gasteiger partial charge in [0.15, 0.2) is 0 Å². The van der Waals surface area contributed by atoms with Crippen molar-refractivity contribution in [1.29, 1.82) is 0 Å². The average molecular weight is 361 g/mol. The first kappa shape index (κ1) is 18.3. The summed E-state index contributed by atoms with van der Waals surface area (Å²) < 4.78 is 47.8. The first-order valence-corrected chi connectivity index (χ1v) is 8.85. The van der Waals surface area contributed by atoms with Crippen LogP contribution in [0, 0.1) is 5.92 Å². The van der Waals surface area contributed by atoms with Crippen LogP contribution >= 0.6 is 0 Å². The Balaban J connectivity index is 2.20. The Morgan fingerprint density at radius 2 is 1.79 bits per heavy atom. The molecule has 0 aromatic heterocycles. The fourth-order valence-corrected chi connectivity index (χ4v) is 2.93. The number of rotatable bonds is 7. The monoisotopic (exact) mass is 361 g/mol. The molecule has 1 N–H and O–H groups in total. The Labute approximate surface area is 138 Å². The predicted octanol–water partition coefficient (Wildman–Crippen LogP) is 2.01. The van der Waals surface area contributed by atoms with Crippen LogP contribution in [0.1, 0.15) is 30.1 Å². The average Bonchev–Trinajstić information content (AvgIpc) is 3.36. The molecular weight excluding hydrogens is 344 g/mol. The third kappa shape index (κ3) is 3.89. The van der Waals surface area contributed by atoms with E-state index in [1.807, 2.05) is 0 Å². The van der Waals surface area contributed by atoms with Crippen LogP contribution in [0.5, 0.6) is 0 Å². The van der Waals surface area contributed by atoms with Gasteiger partial charge in [-0.3, -0.25) is 9.59 Å². The van der Waals surface area contributed by atoms with E-state index < -0.39 is 38.3 Å². The first-order valence-electron chi connectivity index (χ1n) is 7.30. The summed E-state index contributed by atoms with van der Waals surface area (Å²) in [5.41, 5.74) is 0.132. The van der Waals surface area contributed by atoms with Crippen LogP contribution < -0.4 is 0 Å². The Kier molecular flexibility index (Phi) is 5.22. The summed E-state index contributed by atoms with van der Waals surface area (Å²) in [7, 11) is -4.71. The lowest BCUT2D eigenvalue weighted by Gasteiger charge is -2.24. The van der Waals surface area contributed by atoms with Gasteiger partial charge in [0.25, 0.3) is 5.91 Å². The van der Waals surface area contributed by atoms with Gasteiger partial charge in [0.1, 0.15) is 0 Å². The van der Waals surface area contributed by atoms with Crippen LogP contribution in [0.3, 0.4) is 0 Å². The number of carbonyl (C=O) groups is 2. The maximum Gasteiger partial charge on any atom is 0.341 e. The standard InChI is InChI=1S/C15H17F2NO5S/c1-9(14(20)21)8-18(11-4-5-11)13(19)10-2-6-12(7-3-10)24(22,23)15(16)17/h2-3,6-7,9,11,15H,4-5,8H2,1H3,(H,20,21). The largest absolute Gasteiger partial charge is 0.481 e. The lowest BCUT2D eigenvalue weighted by molar-refractivity contribution is -0.141. The van der Waals surface area contributed by atoms with Gasteiger partial charge in [-0.1, -0.05) is 6.92 Å². The van der Waals surface area contributed by atoms with Crippen molar-refractivity contribution < 1.29 is 31.9 Å². The maximum absolute atomic E-state index is 12.5. The molecule has 0 saturated heterocycles.